The highest BCUT2D eigenvalue weighted by Gasteiger charge is 2.37. The van der Waals surface area contributed by atoms with Crippen LogP contribution in [0.3, 0.4) is 0 Å². The van der Waals surface area contributed by atoms with Gasteiger partial charge in [-0.2, -0.15) is 0 Å². The lowest BCUT2D eigenvalue weighted by atomic mass is 9.95. The molecule has 0 radical (unpaired) electrons. The van der Waals surface area contributed by atoms with Crippen LogP contribution >= 0.6 is 0 Å². The van der Waals surface area contributed by atoms with E-state index in [0.717, 1.165) is 0 Å². The topological polar surface area (TPSA) is 115 Å². The summed E-state index contributed by atoms with van der Waals surface area (Å²) in [5.74, 6) is -1.26. The Morgan fingerprint density at radius 3 is 2.64 bits per heavy atom. The Balaban J connectivity index is 1.77. The number of rotatable bonds is 1. The van der Waals surface area contributed by atoms with Crippen molar-refractivity contribution in [1.29, 1.82) is 0 Å². The molecule has 10 nitrogen and oxygen atoms in total. The van der Waals surface area contributed by atoms with Crippen LogP contribution < -0.4 is 14.4 Å². The van der Waals surface area contributed by atoms with E-state index in [0.29, 0.717) is 11.3 Å². The Bertz CT molecular complexity index is 1300. The van der Waals surface area contributed by atoms with E-state index < -0.39 is 23.5 Å². The van der Waals surface area contributed by atoms with Gasteiger partial charge in [0.2, 0.25) is 0 Å². The smallest absolute Gasteiger partial charge is 0.416 e. The first kappa shape index (κ1) is 21.0. The van der Waals surface area contributed by atoms with Crippen LogP contribution in [0.2, 0.25) is 0 Å². The maximum Gasteiger partial charge on any atom is 0.416 e. The third kappa shape index (κ3) is 3.49. The minimum absolute atomic E-state index is 0.0130. The van der Waals surface area contributed by atoms with E-state index in [1.165, 1.54) is 27.8 Å². The van der Waals surface area contributed by atoms with E-state index in [-0.39, 0.29) is 54.0 Å². The maximum absolute atomic E-state index is 15.1. The predicted molar refractivity (Wildman–Crippen MR) is 112 cm³/mol. The number of hydrogen-bond donors (Lipinski definition) is 1. The number of benzene rings is 1. The Labute approximate surface area is 187 Å². The fraction of sp³-hybridized carbons (Fsp3) is 0.364. The zero-order valence-electron chi connectivity index (χ0n) is 18.2. The number of carbonyl (C=O) groups excluding carboxylic acids is 1. The molecule has 0 unspecified atom stereocenters. The number of carboxylic acid groups (broad SMARTS) is 1. The molecule has 1 amide bonds. The molecule has 0 saturated heterocycles. The highest BCUT2D eigenvalue weighted by atomic mass is 19.1. The first-order chi connectivity index (χ1) is 15.6. The zero-order chi connectivity index (χ0) is 23.5. The summed E-state index contributed by atoms with van der Waals surface area (Å²) in [5.41, 5.74) is -0.0800. The van der Waals surface area contributed by atoms with Gasteiger partial charge in [-0.1, -0.05) is 0 Å². The molecule has 2 aliphatic heterocycles. The molecule has 172 valence electrons. The van der Waals surface area contributed by atoms with Crippen LogP contribution in [-0.2, 0) is 11.3 Å². The maximum atomic E-state index is 15.1. The lowest BCUT2D eigenvalue weighted by Gasteiger charge is -2.29. The number of carbonyl (C=O) groups is 2. The Kier molecular flexibility index (Phi) is 4.66. The van der Waals surface area contributed by atoms with Gasteiger partial charge in [0.05, 0.1) is 25.7 Å². The minimum Gasteiger partial charge on any atom is -0.493 e. The molecule has 1 N–H and O–H groups in total. The quantitative estimate of drug-likeness (QED) is 0.593. The lowest BCUT2D eigenvalue weighted by molar-refractivity contribution is 0.0574. The molecule has 0 aliphatic carbocycles. The molecule has 0 saturated carbocycles. The molecular formula is C22H21FN4O6. The van der Waals surface area contributed by atoms with E-state index in [9.17, 15) is 14.7 Å². The number of hydrogen-bond acceptors (Lipinski definition) is 7. The van der Waals surface area contributed by atoms with Crippen molar-refractivity contribution in [3.63, 3.8) is 0 Å². The van der Waals surface area contributed by atoms with Gasteiger partial charge in [-0.25, -0.2) is 14.0 Å². The third-order valence-electron chi connectivity index (χ3n) is 5.48. The van der Waals surface area contributed by atoms with Crippen molar-refractivity contribution in [2.45, 2.75) is 38.8 Å². The summed E-state index contributed by atoms with van der Waals surface area (Å²) in [6.07, 6.45) is 0.513. The highest BCUT2D eigenvalue weighted by Crippen LogP contribution is 2.42. The van der Waals surface area contributed by atoms with Crippen molar-refractivity contribution in [3.8, 4) is 11.5 Å². The van der Waals surface area contributed by atoms with Gasteiger partial charge in [-0.15, -0.1) is 10.2 Å². The van der Waals surface area contributed by atoms with Crippen molar-refractivity contribution in [3.05, 3.63) is 47.0 Å². The normalized spacial score (nSPS) is 17.2. The van der Waals surface area contributed by atoms with Crippen molar-refractivity contribution >= 4 is 23.5 Å². The predicted octanol–water partition coefficient (Wildman–Crippen LogP) is 3.38. The summed E-state index contributed by atoms with van der Waals surface area (Å²) in [5, 5.41) is 17.4. The molecule has 1 aromatic carbocycles. The Hall–Kier alpha value is -3.89. The second-order valence-corrected chi connectivity index (χ2v) is 8.90. The van der Waals surface area contributed by atoms with Crippen LogP contribution in [0.1, 0.15) is 48.2 Å². The van der Waals surface area contributed by atoms with Gasteiger partial charge < -0.3 is 19.3 Å². The molecule has 0 fully saturated rings. The average molecular weight is 456 g/mol. The zero-order valence-corrected chi connectivity index (χ0v) is 18.2. The SMILES string of the molecule is CC(C)(C)OC(=O)N1Cc2c(F)ccc3c2[C@H](CO3)COc2cc(C(=O)O)c3nncn3c21. The van der Waals surface area contributed by atoms with Crippen molar-refractivity contribution in [2.24, 2.45) is 0 Å². The van der Waals surface area contributed by atoms with Crippen LogP contribution in [0.25, 0.3) is 5.65 Å². The van der Waals surface area contributed by atoms with Gasteiger partial charge in [0.1, 0.15) is 29.1 Å². The van der Waals surface area contributed by atoms with Crippen LogP contribution in [0.5, 0.6) is 11.5 Å². The van der Waals surface area contributed by atoms with Crippen LogP contribution in [-0.4, -0.2) is 50.6 Å². The number of aromatic nitrogens is 3. The van der Waals surface area contributed by atoms with Crippen LogP contribution in [0, 0.1) is 5.82 Å². The van der Waals surface area contributed by atoms with Gasteiger partial charge in [0.15, 0.2) is 17.2 Å². The number of pyridine rings is 1. The minimum atomic E-state index is -1.23. The number of fused-ring (bicyclic) bond motifs is 3. The second-order valence-electron chi connectivity index (χ2n) is 8.90. The molecule has 0 spiro atoms. The van der Waals surface area contributed by atoms with Crippen LogP contribution in [0.15, 0.2) is 24.5 Å². The van der Waals surface area contributed by atoms with Gasteiger partial charge in [0, 0.05) is 17.2 Å². The molecule has 1 atom stereocenters. The average Bonchev–Trinajstić information content (AvgIpc) is 3.37. The summed E-state index contributed by atoms with van der Waals surface area (Å²) >= 11 is 0. The first-order valence-corrected chi connectivity index (χ1v) is 10.3. The summed E-state index contributed by atoms with van der Waals surface area (Å²) in [4.78, 5) is 26.4. The number of amides is 1. The summed E-state index contributed by atoms with van der Waals surface area (Å²) < 4.78 is 33.8. The van der Waals surface area contributed by atoms with Crippen molar-refractivity contribution in [1.82, 2.24) is 14.6 Å². The molecule has 3 aromatic rings. The third-order valence-corrected chi connectivity index (χ3v) is 5.48. The van der Waals surface area contributed by atoms with Gasteiger partial charge in [-0.3, -0.25) is 9.30 Å². The van der Waals surface area contributed by atoms with Crippen molar-refractivity contribution < 1.29 is 33.3 Å². The molecule has 2 aromatic heterocycles. The highest BCUT2D eigenvalue weighted by molar-refractivity contribution is 5.97. The Morgan fingerprint density at radius 2 is 1.94 bits per heavy atom. The fourth-order valence-corrected chi connectivity index (χ4v) is 4.13. The van der Waals surface area contributed by atoms with Gasteiger partial charge in [0.25, 0.3) is 0 Å². The van der Waals surface area contributed by atoms with Gasteiger partial charge in [-0.05, 0) is 32.9 Å². The lowest BCUT2D eigenvalue weighted by Crippen LogP contribution is -2.38. The van der Waals surface area contributed by atoms with E-state index >= 15 is 4.39 Å². The summed E-state index contributed by atoms with van der Waals surface area (Å²) in [6.45, 7) is 5.31. The van der Waals surface area contributed by atoms with Crippen molar-refractivity contribution in [2.75, 3.05) is 18.1 Å². The number of aromatic carboxylic acids is 1. The fourth-order valence-electron chi connectivity index (χ4n) is 4.13. The monoisotopic (exact) mass is 456 g/mol. The molecule has 4 heterocycles. The Morgan fingerprint density at radius 1 is 1.21 bits per heavy atom. The number of carboxylic acids is 1. The molecule has 11 heteroatoms. The van der Waals surface area contributed by atoms with Crippen LogP contribution in [0.4, 0.5) is 15.0 Å². The number of ether oxygens (including phenoxy) is 3. The largest absolute Gasteiger partial charge is 0.493 e. The molecule has 33 heavy (non-hydrogen) atoms. The van der Waals surface area contributed by atoms with E-state index in [1.54, 1.807) is 26.8 Å². The van der Waals surface area contributed by atoms with E-state index in [2.05, 4.69) is 10.2 Å². The number of nitrogens with zero attached hydrogens (tertiary/aromatic N) is 4. The van der Waals surface area contributed by atoms with Gasteiger partial charge >= 0.3 is 12.1 Å². The first-order valence-electron chi connectivity index (χ1n) is 10.3. The summed E-state index contributed by atoms with van der Waals surface area (Å²) in [7, 11) is 0. The second kappa shape index (κ2) is 7.32. The molecule has 2 aliphatic rings. The van der Waals surface area contributed by atoms with E-state index in [1.807, 2.05) is 0 Å². The summed E-state index contributed by atoms with van der Waals surface area (Å²) in [6, 6.07) is 4.14. The van der Waals surface area contributed by atoms with E-state index in [4.69, 9.17) is 14.2 Å². The molecule has 5 rings (SSSR count). The number of halogens is 1. The number of anilines is 1. The standard InChI is InChI=1S/C22H21FN4O6/c1-22(2,3)33-21(30)26-7-13-14(23)4-5-15-17(13)11(8-31-15)9-32-16-6-12(20(28)29)18-25-24-10-27(18)19(16)26/h4-6,10-11H,7-9H2,1-3H3,(H,28,29)/t11-/m1/s1. The molecular weight excluding hydrogens is 435 g/mol. The molecule has 0 bridgehead atoms.